The highest BCUT2D eigenvalue weighted by Gasteiger charge is 2.33. The summed E-state index contributed by atoms with van der Waals surface area (Å²) < 4.78 is 13.9. The van der Waals surface area contributed by atoms with E-state index in [9.17, 15) is 4.79 Å². The molecule has 0 amide bonds. The molecule has 6 rings (SSSR count). The van der Waals surface area contributed by atoms with E-state index in [1.165, 1.54) is 4.70 Å². The summed E-state index contributed by atoms with van der Waals surface area (Å²) in [7, 11) is 1.65. The minimum Gasteiger partial charge on any atom is -0.494 e. The number of anilines is 1. The number of para-hydroxylation sites is 1. The highest BCUT2D eigenvalue weighted by Crippen LogP contribution is 2.32. The Kier molecular flexibility index (Phi) is 7.22. The molecule has 39 heavy (non-hydrogen) atoms. The fourth-order valence-corrected chi connectivity index (χ4v) is 6.09. The largest absolute Gasteiger partial charge is 0.494 e. The van der Waals surface area contributed by atoms with Crippen molar-refractivity contribution in [1.82, 2.24) is 35.1 Å². The summed E-state index contributed by atoms with van der Waals surface area (Å²) in [6, 6.07) is 15.4. The molecule has 1 aliphatic rings. The number of nitrogens with one attached hydrogen (secondary N) is 1. The average molecular weight is 547 g/mol. The number of hydrogen-bond donors (Lipinski definition) is 1. The zero-order valence-corrected chi connectivity index (χ0v) is 22.7. The maximum atomic E-state index is 13.5. The van der Waals surface area contributed by atoms with E-state index in [0.29, 0.717) is 44.2 Å². The molecule has 12 heteroatoms. The predicted molar refractivity (Wildman–Crippen MR) is 151 cm³/mol. The summed E-state index contributed by atoms with van der Waals surface area (Å²) in [4.78, 5) is 26.0. The minimum absolute atomic E-state index is 0.161. The third-order valence-corrected chi connectivity index (χ3v) is 8.09. The van der Waals surface area contributed by atoms with Crippen LogP contribution in [0, 0.1) is 0 Å². The number of piperazine rings is 1. The fraction of sp³-hybridized carbons (Fsp3) is 0.370. The molecule has 1 aliphatic heterocycles. The number of aromatic nitrogens is 6. The zero-order chi connectivity index (χ0) is 26.8. The minimum atomic E-state index is -0.432. The van der Waals surface area contributed by atoms with E-state index in [1.54, 1.807) is 23.1 Å². The highest BCUT2D eigenvalue weighted by atomic mass is 32.1. The molecule has 4 heterocycles. The molecule has 1 fully saturated rings. The number of fused-ring (bicyclic) bond motifs is 2. The van der Waals surface area contributed by atoms with Crippen molar-refractivity contribution < 1.29 is 9.47 Å². The molecular formula is C27H30N8O3S. The lowest BCUT2D eigenvalue weighted by atomic mass is 10.0. The number of benzene rings is 2. The monoisotopic (exact) mass is 546 g/mol. The molecule has 1 saturated heterocycles. The molecule has 0 saturated carbocycles. The van der Waals surface area contributed by atoms with Crippen LogP contribution in [-0.4, -0.2) is 81.6 Å². The number of tetrazole rings is 1. The summed E-state index contributed by atoms with van der Waals surface area (Å²) >= 11 is 1.71. The second kappa shape index (κ2) is 11.1. The molecule has 1 N–H and O–H groups in total. The fourth-order valence-electron chi connectivity index (χ4n) is 5.07. The molecule has 0 radical (unpaired) electrons. The van der Waals surface area contributed by atoms with Crippen LogP contribution in [0.25, 0.3) is 21.1 Å². The topological polar surface area (TPSA) is 114 Å². The van der Waals surface area contributed by atoms with Gasteiger partial charge in [0.2, 0.25) is 0 Å². The molecule has 5 aromatic rings. The standard InChI is InChI=1S/C27H30N8O3S/c1-3-38-19-8-9-21-18(16-19)17-20(26(36)28-21)24(25-30-31-32-35(25)14-15-37-2)33-10-12-34(13-11-33)27-29-22-6-4-5-7-23(22)39-27/h4-9,16-17,24H,3,10-15H2,1-2H3,(H,28,36)/t24-/m1/s1. The maximum Gasteiger partial charge on any atom is 0.253 e. The van der Waals surface area contributed by atoms with Gasteiger partial charge in [-0.25, -0.2) is 9.67 Å². The Hall–Kier alpha value is -3.87. The Morgan fingerprint density at radius 1 is 1.10 bits per heavy atom. The van der Waals surface area contributed by atoms with Gasteiger partial charge in [-0.15, -0.1) is 5.10 Å². The first kappa shape index (κ1) is 25.4. The van der Waals surface area contributed by atoms with Crippen LogP contribution in [0.1, 0.15) is 24.4 Å². The molecule has 0 bridgehead atoms. The molecule has 0 unspecified atom stereocenters. The van der Waals surface area contributed by atoms with Crippen molar-refractivity contribution >= 4 is 37.6 Å². The summed E-state index contributed by atoms with van der Waals surface area (Å²) in [5, 5.41) is 14.5. The number of thiazole rings is 1. The lowest BCUT2D eigenvalue weighted by molar-refractivity contribution is 0.171. The van der Waals surface area contributed by atoms with E-state index >= 15 is 0 Å². The number of H-pyrrole nitrogens is 1. The number of hydrogen-bond acceptors (Lipinski definition) is 10. The van der Waals surface area contributed by atoms with E-state index in [1.807, 2.05) is 49.4 Å². The van der Waals surface area contributed by atoms with Crippen LogP contribution in [0.4, 0.5) is 5.13 Å². The van der Waals surface area contributed by atoms with Crippen molar-refractivity contribution in [1.29, 1.82) is 0 Å². The van der Waals surface area contributed by atoms with Crippen molar-refractivity contribution in [2.45, 2.75) is 19.5 Å². The molecule has 2 aromatic carbocycles. The van der Waals surface area contributed by atoms with Crippen LogP contribution in [0.3, 0.4) is 0 Å². The van der Waals surface area contributed by atoms with Gasteiger partial charge >= 0.3 is 0 Å². The number of rotatable bonds is 9. The Bertz CT molecular complexity index is 1610. The van der Waals surface area contributed by atoms with E-state index < -0.39 is 6.04 Å². The summed E-state index contributed by atoms with van der Waals surface area (Å²) in [6.45, 7) is 6.45. The van der Waals surface area contributed by atoms with Crippen LogP contribution >= 0.6 is 11.3 Å². The van der Waals surface area contributed by atoms with E-state index in [-0.39, 0.29) is 5.56 Å². The second-order valence-corrected chi connectivity index (χ2v) is 10.4. The van der Waals surface area contributed by atoms with Crippen LogP contribution in [0.5, 0.6) is 5.75 Å². The third kappa shape index (κ3) is 5.10. The summed E-state index contributed by atoms with van der Waals surface area (Å²) in [5.74, 6) is 1.38. The van der Waals surface area contributed by atoms with Gasteiger partial charge in [-0.05, 0) is 53.7 Å². The first-order valence-corrected chi connectivity index (χ1v) is 13.9. The predicted octanol–water partition coefficient (Wildman–Crippen LogP) is 3.08. The van der Waals surface area contributed by atoms with Gasteiger partial charge in [0.05, 0.1) is 30.0 Å². The van der Waals surface area contributed by atoms with Crippen molar-refractivity contribution in [2.24, 2.45) is 0 Å². The number of ether oxygens (including phenoxy) is 2. The first-order chi connectivity index (χ1) is 19.1. The van der Waals surface area contributed by atoms with Gasteiger partial charge in [0.25, 0.3) is 5.56 Å². The first-order valence-electron chi connectivity index (χ1n) is 13.0. The van der Waals surface area contributed by atoms with Crippen molar-refractivity contribution in [3.63, 3.8) is 0 Å². The van der Waals surface area contributed by atoms with Gasteiger partial charge in [0.1, 0.15) is 11.8 Å². The lowest BCUT2D eigenvalue weighted by Crippen LogP contribution is -2.49. The van der Waals surface area contributed by atoms with Crippen molar-refractivity contribution in [2.75, 3.05) is 51.4 Å². The van der Waals surface area contributed by atoms with Crippen LogP contribution in [-0.2, 0) is 11.3 Å². The van der Waals surface area contributed by atoms with Crippen LogP contribution in [0.2, 0.25) is 0 Å². The second-order valence-electron chi connectivity index (χ2n) is 9.38. The molecule has 0 aliphatic carbocycles. The van der Waals surface area contributed by atoms with Gasteiger partial charge < -0.3 is 19.4 Å². The van der Waals surface area contributed by atoms with Gasteiger partial charge in [-0.1, -0.05) is 23.5 Å². The van der Waals surface area contributed by atoms with E-state index in [2.05, 4.69) is 36.4 Å². The lowest BCUT2D eigenvalue weighted by Gasteiger charge is -2.38. The highest BCUT2D eigenvalue weighted by molar-refractivity contribution is 7.22. The summed E-state index contributed by atoms with van der Waals surface area (Å²) in [5.41, 5.74) is 2.21. The summed E-state index contributed by atoms with van der Waals surface area (Å²) in [6.07, 6.45) is 0. The molecule has 0 spiro atoms. The molecule has 202 valence electrons. The Balaban J connectivity index is 1.35. The third-order valence-electron chi connectivity index (χ3n) is 6.99. The smallest absolute Gasteiger partial charge is 0.253 e. The molecule has 1 atom stereocenters. The Morgan fingerprint density at radius 3 is 2.74 bits per heavy atom. The van der Waals surface area contributed by atoms with Gasteiger partial charge in [0.15, 0.2) is 11.0 Å². The van der Waals surface area contributed by atoms with Gasteiger partial charge in [-0.2, -0.15) is 0 Å². The number of pyridine rings is 1. The zero-order valence-electron chi connectivity index (χ0n) is 21.9. The van der Waals surface area contributed by atoms with Crippen molar-refractivity contribution in [3.8, 4) is 5.75 Å². The Morgan fingerprint density at radius 2 is 1.95 bits per heavy atom. The van der Waals surface area contributed by atoms with Crippen LogP contribution < -0.4 is 15.2 Å². The SMILES string of the molecule is CCOc1ccc2[nH]c(=O)c([C@H](c3nnnn3CCOC)N3CCN(c4nc5ccccc5s4)CC3)cc2c1. The number of nitrogens with zero attached hydrogens (tertiary/aromatic N) is 7. The van der Waals surface area contributed by atoms with Gasteiger partial charge in [-0.3, -0.25) is 9.69 Å². The number of aromatic amines is 1. The molecular weight excluding hydrogens is 516 g/mol. The molecule has 3 aromatic heterocycles. The van der Waals surface area contributed by atoms with Gasteiger partial charge in [0, 0.05) is 49.8 Å². The Labute approximate surface area is 229 Å². The van der Waals surface area contributed by atoms with E-state index in [4.69, 9.17) is 14.5 Å². The normalized spacial score (nSPS) is 15.3. The average Bonchev–Trinajstić information content (AvgIpc) is 3.60. The number of methoxy groups -OCH3 is 1. The van der Waals surface area contributed by atoms with Crippen LogP contribution in [0.15, 0.2) is 53.3 Å². The maximum absolute atomic E-state index is 13.5. The molecule has 11 nitrogen and oxygen atoms in total. The van der Waals surface area contributed by atoms with Crippen molar-refractivity contribution in [3.05, 3.63) is 70.3 Å². The quantitative estimate of drug-likeness (QED) is 0.298. The van der Waals surface area contributed by atoms with E-state index in [0.717, 1.165) is 40.4 Å².